The van der Waals surface area contributed by atoms with Crippen molar-refractivity contribution in [3.05, 3.63) is 46.5 Å². The summed E-state index contributed by atoms with van der Waals surface area (Å²) >= 11 is 9.57. The van der Waals surface area contributed by atoms with Crippen LogP contribution in [0.15, 0.2) is 35.9 Å². The standard InChI is InChI=1S/C59H86ClN5O15S2/c1-15-39(62(11)47(66)19-26-81-44-31-49(68)65(53(44)70)23-25-77-58(8,9)21-24-76-57(6,7)20-22-64-50(69)32-45(54(64)71)82-34(2)3)55(72)79-46-33-48(67)63(12)40-28-37(29-43(75-14)51(40)60)27-35(4)17-16-18-41(74-13)38-30-42(78-56(73)61-38)36(5)52-59(46,10)80-52/h16-18,28-29,34,36,38-39,41-42,44-46,52H,15,19-27,30-33H2,1-14H3,(H,61,73)/b18-16+,35-17+/t36-,38?,39-,41-,42+,44?,45?,46+,52+,59+/m1/s1. The molecule has 1 N–H and O–H groups in total. The van der Waals surface area contributed by atoms with E-state index in [4.69, 9.17) is 44.8 Å². The summed E-state index contributed by atoms with van der Waals surface area (Å²) in [6.07, 6.45) is 3.98. The third-order valence-corrected chi connectivity index (χ3v) is 18.9. The molecule has 0 radical (unpaired) electrons. The van der Waals surface area contributed by atoms with Gasteiger partial charge in [0.1, 0.15) is 34.6 Å². The lowest BCUT2D eigenvalue weighted by Gasteiger charge is -2.36. The topological polar surface area (TPSA) is 229 Å². The molecule has 0 aromatic heterocycles. The number of carbonyl (C=O) groups is 8. The van der Waals surface area contributed by atoms with E-state index in [1.54, 1.807) is 28.0 Å². The van der Waals surface area contributed by atoms with Gasteiger partial charge >= 0.3 is 12.1 Å². The van der Waals surface area contributed by atoms with Crippen molar-refractivity contribution in [1.29, 1.82) is 0 Å². The summed E-state index contributed by atoms with van der Waals surface area (Å²) in [4.78, 5) is 113. The predicted octanol–water partition coefficient (Wildman–Crippen LogP) is 7.48. The Kier molecular flexibility index (Phi) is 23.0. The lowest BCUT2D eigenvalue weighted by Crippen LogP contribution is -2.53. The van der Waals surface area contributed by atoms with Crippen molar-refractivity contribution in [3.8, 4) is 5.75 Å². The number of likely N-dealkylation sites (N-methyl/N-ethyl adjacent to an activating group) is 1. The van der Waals surface area contributed by atoms with Gasteiger partial charge in [-0.15, -0.1) is 23.5 Å². The number of nitrogens with one attached hydrogen (secondary N) is 1. The van der Waals surface area contributed by atoms with Gasteiger partial charge in [-0.2, -0.15) is 0 Å². The highest BCUT2D eigenvalue weighted by Crippen LogP contribution is 2.49. The Morgan fingerprint density at radius 2 is 1.57 bits per heavy atom. The first-order chi connectivity index (χ1) is 38.5. The van der Waals surface area contributed by atoms with Crippen molar-refractivity contribution in [2.24, 2.45) is 5.92 Å². The molecule has 0 spiro atoms. The molecule has 0 saturated carbocycles. The number of anilines is 1. The van der Waals surface area contributed by atoms with Crippen LogP contribution >= 0.6 is 35.1 Å². The van der Waals surface area contributed by atoms with E-state index in [0.717, 1.165) is 11.1 Å². The fourth-order valence-corrected chi connectivity index (χ4v) is 13.4. The molecule has 20 nitrogen and oxygen atoms in total. The summed E-state index contributed by atoms with van der Waals surface area (Å²) in [5.74, 6) is -2.46. The summed E-state index contributed by atoms with van der Waals surface area (Å²) in [7, 11) is 6.14. The Morgan fingerprint density at radius 3 is 2.23 bits per heavy atom. The SMILES string of the molecule is CC[C@H](C(=O)O[C@H]1CC(=O)N(C)c2cc(cc(OC)c2Cl)C/C(C)=C/C=C/[C@@H](OC)C2C[C@H](OC(=O)N2)[C@@H](C)[C@@H]2O[C@@]12C)N(C)C(=O)CCSC1CC(=O)N(CCOC(C)(C)CCOC(C)(C)CCN2C(=O)CC(SC(C)C)C2=O)C1=O. The molecule has 23 heteroatoms. The number of fused-ring (bicyclic) bond motifs is 5. The number of benzene rings is 1. The number of hydrogen-bond donors (Lipinski definition) is 1. The van der Waals surface area contributed by atoms with Gasteiger partial charge in [0.2, 0.25) is 35.4 Å². The number of hydrogen-bond acceptors (Lipinski definition) is 17. The number of allylic oxidation sites excluding steroid dienone is 3. The molecule has 5 aliphatic heterocycles. The minimum Gasteiger partial charge on any atom is -0.495 e. The second-order valence-electron chi connectivity index (χ2n) is 23.6. The van der Waals surface area contributed by atoms with Gasteiger partial charge in [-0.1, -0.05) is 63.1 Å². The Balaban J connectivity index is 1.03. The maximum Gasteiger partial charge on any atom is 0.407 e. The highest BCUT2D eigenvalue weighted by Gasteiger charge is 2.64. The van der Waals surface area contributed by atoms with Crippen LogP contribution in [0.4, 0.5) is 10.5 Å². The number of methoxy groups -OCH3 is 2. The van der Waals surface area contributed by atoms with Gasteiger partial charge < -0.3 is 48.3 Å². The first-order valence-electron chi connectivity index (χ1n) is 28.4. The molecule has 456 valence electrons. The van der Waals surface area contributed by atoms with E-state index in [0.29, 0.717) is 43.7 Å². The summed E-state index contributed by atoms with van der Waals surface area (Å²) in [6.45, 7) is 19.8. The zero-order valence-corrected chi connectivity index (χ0v) is 52.6. The molecule has 10 atom stereocenters. The summed E-state index contributed by atoms with van der Waals surface area (Å²) in [5.41, 5.74) is -0.319. The first-order valence-corrected chi connectivity index (χ1v) is 30.7. The lowest BCUT2D eigenvalue weighted by molar-refractivity contribution is -0.162. The lowest BCUT2D eigenvalue weighted by atomic mass is 9.84. The first kappa shape index (κ1) is 66.4. The van der Waals surface area contributed by atoms with Crippen LogP contribution in [0.3, 0.4) is 0 Å². The number of epoxide rings is 1. The fourth-order valence-electron chi connectivity index (χ4n) is 10.9. The van der Waals surface area contributed by atoms with Gasteiger partial charge in [0, 0.05) is 65.1 Å². The number of amides is 7. The highest BCUT2D eigenvalue weighted by molar-refractivity contribution is 8.01. The van der Waals surface area contributed by atoms with Crippen LogP contribution in [0.1, 0.15) is 126 Å². The maximum atomic E-state index is 14.5. The monoisotopic (exact) mass is 1200 g/mol. The van der Waals surface area contributed by atoms with Crippen LogP contribution < -0.4 is 15.0 Å². The van der Waals surface area contributed by atoms with Gasteiger partial charge in [-0.05, 0) is 90.2 Å². The van der Waals surface area contributed by atoms with Crippen molar-refractivity contribution >= 4 is 88.3 Å². The van der Waals surface area contributed by atoms with E-state index < -0.39 is 88.3 Å². The van der Waals surface area contributed by atoms with E-state index >= 15 is 0 Å². The molecular weight excluding hydrogens is 1120 g/mol. The molecule has 1 aromatic rings. The number of likely N-dealkylation sites (tertiary alicyclic amines) is 2. The number of thioether (sulfide) groups is 2. The molecule has 6 rings (SSSR count). The third kappa shape index (κ3) is 16.8. The van der Waals surface area contributed by atoms with E-state index in [9.17, 15) is 38.4 Å². The number of halogens is 1. The fraction of sp³-hybridized carbons (Fsp3) is 0.695. The van der Waals surface area contributed by atoms with E-state index in [-0.39, 0.29) is 96.7 Å². The Bertz CT molecular complexity index is 2600. The predicted molar refractivity (Wildman–Crippen MR) is 314 cm³/mol. The van der Waals surface area contributed by atoms with Crippen molar-refractivity contribution in [1.82, 2.24) is 20.0 Å². The van der Waals surface area contributed by atoms with Gasteiger partial charge in [-0.25, -0.2) is 9.59 Å². The molecule has 4 bridgehead atoms. The van der Waals surface area contributed by atoms with Crippen LogP contribution in [-0.2, 0) is 68.4 Å². The number of alkyl carbamates (subject to hydrolysis) is 1. The molecule has 4 saturated heterocycles. The Morgan fingerprint density at radius 1 is 0.927 bits per heavy atom. The summed E-state index contributed by atoms with van der Waals surface area (Å²) in [6, 6.07) is 2.11. The second-order valence-corrected chi connectivity index (χ2v) is 27.1. The molecule has 3 unspecified atom stereocenters. The molecule has 0 aliphatic carbocycles. The van der Waals surface area contributed by atoms with E-state index in [1.165, 1.54) is 57.3 Å². The molecule has 7 amide bonds. The van der Waals surface area contributed by atoms with Crippen molar-refractivity contribution in [3.63, 3.8) is 0 Å². The average molecular weight is 1200 g/mol. The van der Waals surface area contributed by atoms with E-state index in [1.807, 2.05) is 85.8 Å². The third-order valence-electron chi connectivity index (χ3n) is 16.1. The van der Waals surface area contributed by atoms with Crippen molar-refractivity contribution in [2.75, 3.05) is 65.3 Å². The summed E-state index contributed by atoms with van der Waals surface area (Å²) in [5, 5.41) is 2.30. The number of esters is 1. The largest absolute Gasteiger partial charge is 0.495 e. The number of imide groups is 2. The van der Waals surface area contributed by atoms with Crippen LogP contribution in [0, 0.1) is 5.92 Å². The van der Waals surface area contributed by atoms with Gasteiger partial charge in [-0.3, -0.25) is 38.6 Å². The van der Waals surface area contributed by atoms with Crippen LogP contribution in [-0.4, -0.2) is 192 Å². The molecule has 82 heavy (non-hydrogen) atoms. The number of nitrogens with zero attached hydrogens (tertiary/aromatic N) is 4. The van der Waals surface area contributed by atoms with Crippen molar-refractivity contribution in [2.45, 2.75) is 196 Å². The highest BCUT2D eigenvalue weighted by atomic mass is 35.5. The van der Waals surface area contributed by atoms with Crippen molar-refractivity contribution < 1.29 is 71.5 Å². The molecule has 5 heterocycles. The molecular formula is C59H86ClN5O15S2. The molecule has 5 aliphatic rings. The average Bonchev–Trinajstić information content (AvgIpc) is 3.74. The van der Waals surface area contributed by atoms with Gasteiger partial charge in [0.25, 0.3) is 0 Å². The van der Waals surface area contributed by atoms with Crippen LogP contribution in [0.5, 0.6) is 5.75 Å². The van der Waals surface area contributed by atoms with Gasteiger partial charge in [0.05, 0.1) is 78.9 Å². The smallest absolute Gasteiger partial charge is 0.407 e. The zero-order chi connectivity index (χ0) is 60.6. The van der Waals surface area contributed by atoms with E-state index in [2.05, 4.69) is 5.32 Å². The minimum absolute atomic E-state index is 0.0286. The summed E-state index contributed by atoms with van der Waals surface area (Å²) < 4.78 is 42.3. The molecule has 4 fully saturated rings. The van der Waals surface area contributed by atoms with Crippen LogP contribution in [0.25, 0.3) is 0 Å². The maximum absolute atomic E-state index is 14.5. The second kappa shape index (κ2) is 28.5. The quantitative estimate of drug-likeness (QED) is 0.0636. The number of carbonyl (C=O) groups excluding carboxylic acids is 8. The van der Waals surface area contributed by atoms with Crippen LogP contribution in [0.2, 0.25) is 5.02 Å². The normalized spacial score (nSPS) is 27.9. The Labute approximate surface area is 497 Å². The minimum atomic E-state index is -1.22. The molecule has 1 aromatic carbocycles. The zero-order valence-electron chi connectivity index (χ0n) is 50.2. The van der Waals surface area contributed by atoms with Gasteiger partial charge in [0.15, 0.2) is 0 Å². The Hall–Kier alpha value is -4.71. The number of ether oxygens (including phenoxy) is 7. The number of rotatable bonds is 23.